The van der Waals surface area contributed by atoms with E-state index in [0.29, 0.717) is 5.69 Å². The van der Waals surface area contributed by atoms with Crippen LogP contribution in [0.25, 0.3) is 0 Å². The highest BCUT2D eigenvalue weighted by molar-refractivity contribution is 6.10. The molecule has 144 valence electrons. The summed E-state index contributed by atoms with van der Waals surface area (Å²) in [5.41, 5.74) is 3.72. The van der Waals surface area contributed by atoms with Crippen molar-refractivity contribution >= 4 is 23.5 Å². The van der Waals surface area contributed by atoms with Gasteiger partial charge in [0.25, 0.3) is 5.91 Å². The first-order valence-corrected chi connectivity index (χ1v) is 9.50. The van der Waals surface area contributed by atoms with Crippen molar-refractivity contribution in [2.45, 2.75) is 38.6 Å². The highest BCUT2D eigenvalue weighted by Crippen LogP contribution is 2.32. The molecule has 2 aromatic carbocycles. The monoisotopic (exact) mass is 377 g/mol. The standard InChI is InChI=1S/C22H23N3O3/c1-14-6-3-4-9-18(14)23-19(26)13-25-20(27)22(2,24-21(25)28)17-11-10-15-7-5-8-16(15)12-17/h3-4,6,9-12H,5,7-8,13H2,1-2H3,(H,23,26)(H,24,28). The van der Waals surface area contributed by atoms with E-state index in [1.165, 1.54) is 11.1 Å². The van der Waals surface area contributed by atoms with Gasteiger partial charge in [-0.3, -0.25) is 14.5 Å². The Labute approximate surface area is 163 Å². The summed E-state index contributed by atoms with van der Waals surface area (Å²) < 4.78 is 0. The molecule has 4 rings (SSSR count). The van der Waals surface area contributed by atoms with Gasteiger partial charge in [0.05, 0.1) is 0 Å². The van der Waals surface area contributed by atoms with Crippen LogP contribution in [0, 0.1) is 6.92 Å². The molecule has 6 nitrogen and oxygen atoms in total. The number of fused-ring (bicyclic) bond motifs is 1. The highest BCUT2D eigenvalue weighted by Gasteiger charge is 2.49. The quantitative estimate of drug-likeness (QED) is 0.804. The lowest BCUT2D eigenvalue weighted by Crippen LogP contribution is -2.42. The summed E-state index contributed by atoms with van der Waals surface area (Å²) in [6.45, 7) is 3.26. The average Bonchev–Trinajstić information content (AvgIpc) is 3.22. The fraction of sp³-hybridized carbons (Fsp3) is 0.318. The third-order valence-corrected chi connectivity index (χ3v) is 5.67. The van der Waals surface area contributed by atoms with Gasteiger partial charge in [-0.05, 0) is 61.4 Å². The number of anilines is 1. The zero-order valence-corrected chi connectivity index (χ0v) is 16.0. The molecule has 2 aliphatic rings. The summed E-state index contributed by atoms with van der Waals surface area (Å²) >= 11 is 0. The molecule has 1 fully saturated rings. The molecule has 0 saturated carbocycles. The Balaban J connectivity index is 1.52. The fourth-order valence-corrected chi connectivity index (χ4v) is 3.97. The number of amides is 4. The minimum Gasteiger partial charge on any atom is -0.324 e. The maximum Gasteiger partial charge on any atom is 0.325 e. The summed E-state index contributed by atoms with van der Waals surface area (Å²) in [5.74, 6) is -0.814. The fourth-order valence-electron chi connectivity index (χ4n) is 3.97. The average molecular weight is 377 g/mol. The van der Waals surface area contributed by atoms with Crippen molar-refractivity contribution in [3.63, 3.8) is 0 Å². The van der Waals surface area contributed by atoms with Crippen molar-refractivity contribution in [1.29, 1.82) is 0 Å². The number of nitrogens with zero attached hydrogens (tertiary/aromatic N) is 1. The lowest BCUT2D eigenvalue weighted by molar-refractivity contribution is -0.133. The predicted octanol–water partition coefficient (Wildman–Crippen LogP) is 2.89. The number of carbonyl (C=O) groups excluding carboxylic acids is 3. The number of urea groups is 1. The van der Waals surface area contributed by atoms with Crippen molar-refractivity contribution in [2.24, 2.45) is 0 Å². The number of imide groups is 1. The summed E-state index contributed by atoms with van der Waals surface area (Å²) in [6.07, 6.45) is 3.16. The van der Waals surface area contributed by atoms with E-state index >= 15 is 0 Å². The van der Waals surface area contributed by atoms with Crippen LogP contribution in [0.15, 0.2) is 42.5 Å². The van der Waals surface area contributed by atoms with Crippen molar-refractivity contribution < 1.29 is 14.4 Å². The number of hydrogen-bond acceptors (Lipinski definition) is 3. The molecule has 0 aromatic heterocycles. The molecule has 0 radical (unpaired) electrons. The van der Waals surface area contributed by atoms with Crippen molar-refractivity contribution in [2.75, 3.05) is 11.9 Å². The molecule has 0 spiro atoms. The summed E-state index contributed by atoms with van der Waals surface area (Å²) in [7, 11) is 0. The number of benzene rings is 2. The van der Waals surface area contributed by atoms with E-state index in [4.69, 9.17) is 0 Å². The van der Waals surface area contributed by atoms with Gasteiger partial charge in [0.1, 0.15) is 12.1 Å². The summed E-state index contributed by atoms with van der Waals surface area (Å²) in [5, 5.41) is 5.54. The maximum absolute atomic E-state index is 13.1. The van der Waals surface area contributed by atoms with E-state index in [0.717, 1.165) is 35.3 Å². The van der Waals surface area contributed by atoms with Gasteiger partial charge in [0, 0.05) is 5.69 Å². The van der Waals surface area contributed by atoms with E-state index in [9.17, 15) is 14.4 Å². The van der Waals surface area contributed by atoms with Crippen LogP contribution in [-0.2, 0) is 28.0 Å². The number of rotatable bonds is 4. The van der Waals surface area contributed by atoms with E-state index in [2.05, 4.69) is 10.6 Å². The largest absolute Gasteiger partial charge is 0.325 e. The third-order valence-electron chi connectivity index (χ3n) is 5.67. The van der Waals surface area contributed by atoms with E-state index in [1.807, 2.05) is 43.3 Å². The first kappa shape index (κ1) is 18.2. The van der Waals surface area contributed by atoms with Crippen molar-refractivity contribution in [3.8, 4) is 0 Å². The number of aryl methyl sites for hydroxylation is 3. The molecule has 1 unspecified atom stereocenters. The van der Waals surface area contributed by atoms with Crippen LogP contribution < -0.4 is 10.6 Å². The molecule has 2 N–H and O–H groups in total. The minimum atomic E-state index is -1.16. The second-order valence-electron chi connectivity index (χ2n) is 7.65. The van der Waals surface area contributed by atoms with Crippen LogP contribution in [0.2, 0.25) is 0 Å². The SMILES string of the molecule is Cc1ccccc1NC(=O)CN1C(=O)NC(C)(c2ccc3c(c2)CCC3)C1=O. The Morgan fingerprint density at radius 3 is 2.68 bits per heavy atom. The lowest BCUT2D eigenvalue weighted by atomic mass is 9.89. The molecule has 1 aliphatic carbocycles. The molecule has 28 heavy (non-hydrogen) atoms. The number of carbonyl (C=O) groups is 3. The van der Waals surface area contributed by atoms with Crippen LogP contribution in [0.3, 0.4) is 0 Å². The topological polar surface area (TPSA) is 78.5 Å². The Morgan fingerprint density at radius 1 is 1.14 bits per heavy atom. The van der Waals surface area contributed by atoms with Gasteiger partial charge >= 0.3 is 6.03 Å². The molecule has 1 saturated heterocycles. The Hall–Kier alpha value is -3.15. The molecule has 1 aliphatic heterocycles. The number of para-hydroxylation sites is 1. The van der Waals surface area contributed by atoms with Crippen LogP contribution in [0.5, 0.6) is 0 Å². The summed E-state index contributed by atoms with van der Waals surface area (Å²) in [4.78, 5) is 38.9. The second-order valence-corrected chi connectivity index (χ2v) is 7.65. The predicted molar refractivity (Wildman–Crippen MR) is 106 cm³/mol. The molecule has 2 aromatic rings. The van der Waals surface area contributed by atoms with Crippen LogP contribution in [0.4, 0.5) is 10.5 Å². The van der Waals surface area contributed by atoms with Gasteiger partial charge < -0.3 is 10.6 Å². The van der Waals surface area contributed by atoms with Gasteiger partial charge in [-0.1, -0.05) is 36.4 Å². The summed E-state index contributed by atoms with van der Waals surface area (Å²) in [6, 6.07) is 12.8. The lowest BCUT2D eigenvalue weighted by Gasteiger charge is -2.23. The third kappa shape index (κ3) is 3.05. The maximum atomic E-state index is 13.1. The molecule has 1 atom stereocenters. The zero-order chi connectivity index (χ0) is 19.9. The van der Waals surface area contributed by atoms with Crippen molar-refractivity contribution in [3.05, 3.63) is 64.7 Å². The first-order chi connectivity index (χ1) is 13.4. The van der Waals surface area contributed by atoms with Gasteiger partial charge in [0.2, 0.25) is 5.91 Å². The van der Waals surface area contributed by atoms with Crippen LogP contribution in [-0.4, -0.2) is 29.3 Å². The molecule has 1 heterocycles. The van der Waals surface area contributed by atoms with Gasteiger partial charge in [-0.25, -0.2) is 4.79 Å². The smallest absolute Gasteiger partial charge is 0.324 e. The normalized spacial score (nSPS) is 20.9. The molecular formula is C22H23N3O3. The molecule has 4 amide bonds. The number of hydrogen-bond donors (Lipinski definition) is 2. The first-order valence-electron chi connectivity index (χ1n) is 9.50. The van der Waals surface area contributed by atoms with E-state index in [-0.39, 0.29) is 6.54 Å². The Kier molecular flexibility index (Phi) is 4.41. The van der Waals surface area contributed by atoms with Crippen LogP contribution >= 0.6 is 0 Å². The molecular weight excluding hydrogens is 354 g/mol. The molecule has 6 heteroatoms. The molecule has 0 bridgehead atoms. The minimum absolute atomic E-state index is 0.320. The number of nitrogens with one attached hydrogen (secondary N) is 2. The van der Waals surface area contributed by atoms with Gasteiger partial charge in [0.15, 0.2) is 0 Å². The van der Waals surface area contributed by atoms with Crippen LogP contribution in [0.1, 0.15) is 35.6 Å². The second kappa shape index (κ2) is 6.78. The van der Waals surface area contributed by atoms with Gasteiger partial charge in [-0.2, -0.15) is 0 Å². The van der Waals surface area contributed by atoms with E-state index in [1.54, 1.807) is 13.0 Å². The van der Waals surface area contributed by atoms with Gasteiger partial charge in [-0.15, -0.1) is 0 Å². The zero-order valence-electron chi connectivity index (χ0n) is 16.0. The Morgan fingerprint density at radius 2 is 1.89 bits per heavy atom. The van der Waals surface area contributed by atoms with E-state index < -0.39 is 23.4 Å². The highest BCUT2D eigenvalue weighted by atomic mass is 16.2. The Bertz CT molecular complexity index is 985. The van der Waals surface area contributed by atoms with Crippen molar-refractivity contribution in [1.82, 2.24) is 10.2 Å².